The Hall–Kier alpha value is 0.110. The second kappa shape index (κ2) is 4.04. The van der Waals surface area contributed by atoms with Gasteiger partial charge >= 0.3 is 0 Å². The third kappa shape index (κ3) is 2.43. The number of rotatable bonds is 0. The van der Waals surface area contributed by atoms with Crippen molar-refractivity contribution in [2.75, 3.05) is 13.1 Å². The van der Waals surface area contributed by atoms with Crippen molar-refractivity contribution in [3.05, 3.63) is 0 Å². The number of quaternary nitrogens is 1. The maximum Gasteiger partial charge on any atom is 0.186 e. The fourth-order valence-corrected chi connectivity index (χ4v) is 0.809. The van der Waals surface area contributed by atoms with E-state index in [1.165, 1.54) is 0 Å². The number of Topliss-reactive ketones (excluding diaryl/α,β-unsaturated/α-hetero) is 1. The molecule has 1 aliphatic rings. The van der Waals surface area contributed by atoms with Gasteiger partial charge in [0.2, 0.25) is 0 Å². The molecule has 0 aromatic heterocycles. The summed E-state index contributed by atoms with van der Waals surface area (Å²) < 4.78 is 0. The largest absolute Gasteiger partial charge is 1.00 e. The number of hydrogen-bond donors (Lipinski definition) is 1. The van der Waals surface area contributed by atoms with Gasteiger partial charge in [-0.05, 0) is 0 Å². The summed E-state index contributed by atoms with van der Waals surface area (Å²) >= 11 is 0. The van der Waals surface area contributed by atoms with Crippen molar-refractivity contribution >= 4 is 5.78 Å². The first-order valence-corrected chi connectivity index (χ1v) is 2.73. The average molecular weight is 180 g/mol. The first kappa shape index (κ1) is 8.11. The van der Waals surface area contributed by atoms with Gasteiger partial charge in [-0.2, -0.15) is 0 Å². The molecule has 1 rings (SSSR count). The lowest BCUT2D eigenvalue weighted by Crippen LogP contribution is -3.00. The van der Waals surface area contributed by atoms with E-state index in [2.05, 4.69) is 5.32 Å². The van der Waals surface area contributed by atoms with Crippen molar-refractivity contribution < 1.29 is 27.1 Å². The van der Waals surface area contributed by atoms with Gasteiger partial charge < -0.3 is 22.3 Å². The lowest BCUT2D eigenvalue weighted by molar-refractivity contribution is -0.648. The van der Waals surface area contributed by atoms with Crippen LogP contribution < -0.4 is 22.3 Å². The molecule has 0 unspecified atom stereocenters. The van der Waals surface area contributed by atoms with Crippen LogP contribution in [0, 0.1) is 0 Å². The highest BCUT2D eigenvalue weighted by molar-refractivity contribution is 5.79. The van der Waals surface area contributed by atoms with Crippen LogP contribution >= 0.6 is 0 Å². The Morgan fingerprint density at radius 3 is 2.50 bits per heavy atom. The Labute approximate surface area is 59.4 Å². The molecule has 48 valence electrons. The molecule has 2 N–H and O–H groups in total. The minimum absolute atomic E-state index is 0. The smallest absolute Gasteiger partial charge is 0.186 e. The highest BCUT2D eigenvalue weighted by Crippen LogP contribution is 1.87. The molecule has 1 saturated heterocycles. The van der Waals surface area contributed by atoms with E-state index in [1.807, 2.05) is 0 Å². The molecule has 0 aromatic carbocycles. The molecular weight excluding hydrogens is 170 g/mol. The van der Waals surface area contributed by atoms with Crippen LogP contribution in [-0.2, 0) is 4.79 Å². The van der Waals surface area contributed by atoms with Crippen molar-refractivity contribution in [2.45, 2.75) is 12.8 Å². The van der Waals surface area contributed by atoms with E-state index in [4.69, 9.17) is 0 Å². The average Bonchev–Trinajstić information content (AvgIpc) is 1.69. The van der Waals surface area contributed by atoms with Gasteiger partial charge in [0, 0.05) is 12.8 Å². The summed E-state index contributed by atoms with van der Waals surface area (Å²) in [6.45, 7) is 1.87. The quantitative estimate of drug-likeness (QED) is 0.404. The Balaban J connectivity index is 0.000000490. The van der Waals surface area contributed by atoms with Gasteiger partial charge in [-0.1, -0.05) is 0 Å². The molecule has 0 bridgehead atoms. The summed E-state index contributed by atoms with van der Waals surface area (Å²) in [6, 6.07) is 0. The molecule has 0 radical (unpaired) electrons. The second-order valence-electron chi connectivity index (χ2n) is 1.92. The van der Waals surface area contributed by atoms with Gasteiger partial charge in [0.15, 0.2) is 5.78 Å². The monoisotopic (exact) mass is 179 g/mol. The Morgan fingerprint density at radius 2 is 2.25 bits per heavy atom. The molecule has 0 spiro atoms. The van der Waals surface area contributed by atoms with Crippen LogP contribution in [-0.4, -0.2) is 18.9 Å². The predicted molar refractivity (Wildman–Crippen MR) is 25.9 cm³/mol. The zero-order chi connectivity index (χ0) is 5.11. The predicted octanol–water partition coefficient (Wildman–Crippen LogP) is -4.08. The minimum Gasteiger partial charge on any atom is -1.00 e. The highest BCUT2D eigenvalue weighted by atomic mass is 79.9. The third-order valence-corrected chi connectivity index (χ3v) is 1.24. The Bertz CT molecular complexity index is 76.5. The zero-order valence-corrected chi connectivity index (χ0v) is 6.28. The molecule has 8 heavy (non-hydrogen) atoms. The van der Waals surface area contributed by atoms with E-state index in [1.54, 1.807) is 0 Å². The zero-order valence-electron chi connectivity index (χ0n) is 4.69. The summed E-state index contributed by atoms with van der Waals surface area (Å²) in [5.41, 5.74) is 0. The fraction of sp³-hybridized carbons (Fsp3) is 0.800. The second-order valence-corrected chi connectivity index (χ2v) is 1.92. The van der Waals surface area contributed by atoms with Crippen molar-refractivity contribution in [3.8, 4) is 0 Å². The van der Waals surface area contributed by atoms with Gasteiger partial charge in [-0.3, -0.25) is 4.79 Å². The van der Waals surface area contributed by atoms with E-state index in [0.29, 0.717) is 5.78 Å². The fourth-order valence-electron chi connectivity index (χ4n) is 0.809. The highest BCUT2D eigenvalue weighted by Gasteiger charge is 2.08. The molecule has 0 aliphatic carbocycles. The van der Waals surface area contributed by atoms with Gasteiger partial charge in [0.25, 0.3) is 0 Å². The number of nitrogens with two attached hydrogens (primary N) is 1. The summed E-state index contributed by atoms with van der Waals surface area (Å²) in [6.07, 6.45) is 1.90. The molecule has 0 saturated carbocycles. The molecule has 1 fully saturated rings. The van der Waals surface area contributed by atoms with E-state index in [9.17, 15) is 4.79 Å². The van der Waals surface area contributed by atoms with E-state index >= 15 is 0 Å². The van der Waals surface area contributed by atoms with Gasteiger partial charge in [-0.15, -0.1) is 0 Å². The van der Waals surface area contributed by atoms with Crippen LogP contribution in [0.1, 0.15) is 12.8 Å². The van der Waals surface area contributed by atoms with E-state index < -0.39 is 0 Å². The summed E-state index contributed by atoms with van der Waals surface area (Å²) in [5, 5.41) is 2.06. The topological polar surface area (TPSA) is 33.7 Å². The van der Waals surface area contributed by atoms with E-state index in [0.717, 1.165) is 25.9 Å². The van der Waals surface area contributed by atoms with Crippen LogP contribution in [0.4, 0.5) is 0 Å². The van der Waals surface area contributed by atoms with Crippen LogP contribution in [0.5, 0.6) is 0 Å². The summed E-state index contributed by atoms with van der Waals surface area (Å²) in [7, 11) is 0. The molecule has 1 heterocycles. The van der Waals surface area contributed by atoms with E-state index in [-0.39, 0.29) is 17.0 Å². The number of hydrogen-bond acceptors (Lipinski definition) is 1. The molecule has 0 aromatic rings. The molecule has 2 nitrogen and oxygen atoms in total. The number of carbonyl (C=O) groups excluding carboxylic acids is 1. The first-order valence-electron chi connectivity index (χ1n) is 2.73. The molecule has 0 amide bonds. The van der Waals surface area contributed by atoms with Gasteiger partial charge in [0.1, 0.15) is 6.54 Å². The Kier molecular flexibility index (Phi) is 4.09. The van der Waals surface area contributed by atoms with Gasteiger partial charge in [0.05, 0.1) is 6.54 Å². The molecule has 0 atom stereocenters. The summed E-state index contributed by atoms with van der Waals surface area (Å²) in [5.74, 6) is 0.409. The number of piperidine rings is 1. The normalized spacial score (nSPS) is 19.8. The van der Waals surface area contributed by atoms with Crippen LogP contribution in [0.3, 0.4) is 0 Å². The minimum atomic E-state index is 0. The lowest BCUT2D eigenvalue weighted by Gasteiger charge is -2.04. The molecule has 3 heteroatoms. The van der Waals surface area contributed by atoms with Crippen LogP contribution in [0.2, 0.25) is 0 Å². The van der Waals surface area contributed by atoms with Crippen molar-refractivity contribution in [1.82, 2.24) is 0 Å². The number of ketones is 1. The SMILES string of the molecule is O=C1CCC[NH2+]C1.[Br-]. The molecular formula is C5H10BrNO. The Morgan fingerprint density at radius 1 is 1.50 bits per heavy atom. The van der Waals surface area contributed by atoms with Crippen molar-refractivity contribution in [1.29, 1.82) is 0 Å². The summed E-state index contributed by atoms with van der Waals surface area (Å²) in [4.78, 5) is 10.4. The van der Waals surface area contributed by atoms with Gasteiger partial charge in [-0.25, -0.2) is 0 Å². The molecule has 1 aliphatic heterocycles. The maximum atomic E-state index is 10.4. The maximum absolute atomic E-state index is 10.4. The lowest BCUT2D eigenvalue weighted by atomic mass is 10.1. The van der Waals surface area contributed by atoms with Crippen LogP contribution in [0.25, 0.3) is 0 Å². The van der Waals surface area contributed by atoms with Crippen LogP contribution in [0.15, 0.2) is 0 Å². The first-order chi connectivity index (χ1) is 3.39. The van der Waals surface area contributed by atoms with Crippen molar-refractivity contribution in [2.24, 2.45) is 0 Å². The number of halogens is 1. The van der Waals surface area contributed by atoms with Crippen molar-refractivity contribution in [3.63, 3.8) is 0 Å². The number of carbonyl (C=O) groups is 1. The standard InChI is InChI=1S/C5H9NO.BrH/c7-5-2-1-3-6-4-5;/h6H,1-4H2;1H. The third-order valence-electron chi connectivity index (χ3n) is 1.24.